The molecule has 1 aliphatic heterocycles. The lowest BCUT2D eigenvalue weighted by atomic mass is 10.3. The Labute approximate surface area is 121 Å². The Morgan fingerprint density at radius 2 is 1.90 bits per heavy atom. The minimum atomic E-state index is -3.77. The number of hydrogen-bond donors (Lipinski definition) is 3. The monoisotopic (exact) mass is 313 g/mol. The second-order valence-corrected chi connectivity index (χ2v) is 6.12. The fourth-order valence-corrected chi connectivity index (χ4v) is 3.05. The first-order valence-electron chi connectivity index (χ1n) is 6.24. The Morgan fingerprint density at radius 3 is 2.43 bits per heavy atom. The number of carbonyl (C=O) groups is 2. The van der Waals surface area contributed by atoms with Gasteiger partial charge >= 0.3 is 6.03 Å². The molecule has 0 bridgehead atoms. The van der Waals surface area contributed by atoms with E-state index in [-0.39, 0.29) is 0 Å². The summed E-state index contributed by atoms with van der Waals surface area (Å²) in [7, 11) is -3.77. The van der Waals surface area contributed by atoms with E-state index in [0.717, 1.165) is 0 Å². The molecule has 114 valence electrons. The summed E-state index contributed by atoms with van der Waals surface area (Å²) < 4.78 is 31.5. The lowest BCUT2D eigenvalue weighted by Crippen LogP contribution is -2.38. The number of hydrogen-bond acceptors (Lipinski definition) is 5. The fraction of sp³-hybridized carbons (Fsp3) is 0.333. The van der Waals surface area contributed by atoms with Gasteiger partial charge in [-0.05, 0) is 31.2 Å². The van der Waals surface area contributed by atoms with E-state index >= 15 is 0 Å². The zero-order valence-electron chi connectivity index (χ0n) is 11.3. The van der Waals surface area contributed by atoms with Crippen LogP contribution in [0.3, 0.4) is 0 Å². The highest BCUT2D eigenvalue weighted by Gasteiger charge is 2.33. The molecule has 0 spiro atoms. The van der Waals surface area contributed by atoms with Gasteiger partial charge in [-0.15, -0.1) is 0 Å². The van der Waals surface area contributed by atoms with Gasteiger partial charge in [0.2, 0.25) is 10.0 Å². The quantitative estimate of drug-likeness (QED) is 0.641. The number of imide groups is 1. The molecule has 1 unspecified atom stereocenters. The third kappa shape index (κ3) is 4.09. The van der Waals surface area contributed by atoms with Crippen LogP contribution >= 0.6 is 0 Å². The van der Waals surface area contributed by atoms with Crippen molar-refractivity contribution < 1.29 is 22.7 Å². The summed E-state index contributed by atoms with van der Waals surface area (Å²) in [6.45, 7) is 2.36. The fourth-order valence-electron chi connectivity index (χ4n) is 1.80. The topological polar surface area (TPSA) is 114 Å². The normalized spacial score (nSPS) is 18.0. The van der Waals surface area contributed by atoms with Crippen molar-refractivity contribution in [3.8, 4) is 5.75 Å². The highest BCUT2D eigenvalue weighted by Crippen LogP contribution is 2.17. The molecule has 0 aromatic heterocycles. The molecule has 3 amide bonds. The first-order chi connectivity index (χ1) is 9.89. The van der Waals surface area contributed by atoms with Gasteiger partial charge in [-0.1, -0.05) is 0 Å². The van der Waals surface area contributed by atoms with Crippen LogP contribution in [0.5, 0.6) is 5.75 Å². The van der Waals surface area contributed by atoms with Gasteiger partial charge in [0, 0.05) is 5.69 Å². The molecule has 0 saturated carbocycles. The SMILES string of the molecule is CCOc1ccc(NS(=O)(=O)CC2NC(=O)NC2=O)cc1. The van der Waals surface area contributed by atoms with Crippen LogP contribution in [0.2, 0.25) is 0 Å². The third-order valence-corrected chi connectivity index (χ3v) is 4.00. The molecule has 9 heteroatoms. The van der Waals surface area contributed by atoms with Crippen molar-refractivity contribution in [1.82, 2.24) is 10.6 Å². The Morgan fingerprint density at radius 1 is 1.24 bits per heavy atom. The minimum absolute atomic E-state index is 0.350. The number of sulfonamides is 1. The van der Waals surface area contributed by atoms with Crippen LogP contribution in [0.25, 0.3) is 0 Å². The first kappa shape index (κ1) is 15.1. The number of benzene rings is 1. The van der Waals surface area contributed by atoms with E-state index in [0.29, 0.717) is 18.0 Å². The first-order valence-corrected chi connectivity index (χ1v) is 7.89. The van der Waals surface area contributed by atoms with Crippen LogP contribution in [-0.4, -0.2) is 38.8 Å². The maximum absolute atomic E-state index is 11.9. The van der Waals surface area contributed by atoms with Crippen molar-refractivity contribution in [3.05, 3.63) is 24.3 Å². The van der Waals surface area contributed by atoms with E-state index in [2.05, 4.69) is 10.0 Å². The number of anilines is 1. The molecule has 1 atom stereocenters. The number of amides is 3. The summed E-state index contributed by atoms with van der Waals surface area (Å²) in [4.78, 5) is 22.3. The van der Waals surface area contributed by atoms with Crippen molar-refractivity contribution in [1.29, 1.82) is 0 Å². The van der Waals surface area contributed by atoms with E-state index in [1.165, 1.54) is 0 Å². The van der Waals surface area contributed by atoms with E-state index in [1.807, 2.05) is 12.2 Å². The zero-order chi connectivity index (χ0) is 15.5. The van der Waals surface area contributed by atoms with Gasteiger partial charge in [0.1, 0.15) is 11.8 Å². The molecule has 3 N–H and O–H groups in total. The second kappa shape index (κ2) is 6.00. The Balaban J connectivity index is 2.00. The largest absolute Gasteiger partial charge is 0.494 e. The summed E-state index contributed by atoms with van der Waals surface area (Å²) in [6, 6.07) is 4.58. The van der Waals surface area contributed by atoms with E-state index < -0.39 is 33.8 Å². The van der Waals surface area contributed by atoms with Crippen molar-refractivity contribution in [2.75, 3.05) is 17.1 Å². The highest BCUT2D eigenvalue weighted by molar-refractivity contribution is 7.92. The van der Waals surface area contributed by atoms with Crippen LogP contribution in [0.1, 0.15) is 6.92 Å². The van der Waals surface area contributed by atoms with Gasteiger partial charge in [0.25, 0.3) is 5.91 Å². The number of carbonyl (C=O) groups excluding carboxylic acids is 2. The molecule has 1 aromatic rings. The van der Waals surface area contributed by atoms with E-state index in [9.17, 15) is 18.0 Å². The Kier molecular flexibility index (Phi) is 4.32. The maximum atomic E-state index is 11.9. The minimum Gasteiger partial charge on any atom is -0.494 e. The molecule has 8 nitrogen and oxygen atoms in total. The molecule has 0 radical (unpaired) electrons. The number of ether oxygens (including phenoxy) is 1. The summed E-state index contributed by atoms with van der Waals surface area (Å²) >= 11 is 0. The average Bonchev–Trinajstić information content (AvgIpc) is 2.69. The van der Waals surface area contributed by atoms with Gasteiger partial charge in [-0.3, -0.25) is 14.8 Å². The van der Waals surface area contributed by atoms with Crippen LogP contribution in [0.15, 0.2) is 24.3 Å². The van der Waals surface area contributed by atoms with Crippen molar-refractivity contribution in [2.24, 2.45) is 0 Å². The zero-order valence-corrected chi connectivity index (χ0v) is 12.1. The molecule has 1 saturated heterocycles. The summed E-state index contributed by atoms with van der Waals surface area (Å²) in [6.07, 6.45) is 0. The van der Waals surface area contributed by atoms with E-state index in [4.69, 9.17) is 4.74 Å². The van der Waals surface area contributed by atoms with E-state index in [1.54, 1.807) is 24.3 Å². The number of nitrogens with one attached hydrogen (secondary N) is 3. The van der Waals surface area contributed by atoms with Crippen LogP contribution in [-0.2, 0) is 14.8 Å². The number of rotatable bonds is 6. The van der Waals surface area contributed by atoms with Gasteiger partial charge in [0.05, 0.1) is 12.4 Å². The van der Waals surface area contributed by atoms with Crippen LogP contribution < -0.4 is 20.1 Å². The third-order valence-electron chi connectivity index (χ3n) is 2.68. The summed E-state index contributed by atoms with van der Waals surface area (Å²) in [5.41, 5.74) is 0.350. The smallest absolute Gasteiger partial charge is 0.322 e. The molecule has 21 heavy (non-hydrogen) atoms. The maximum Gasteiger partial charge on any atom is 0.322 e. The molecule has 0 aliphatic carbocycles. The predicted octanol–water partition coefficient (Wildman–Crippen LogP) is 0.0350. The van der Waals surface area contributed by atoms with Crippen molar-refractivity contribution in [2.45, 2.75) is 13.0 Å². The lowest BCUT2D eigenvalue weighted by molar-refractivity contribution is -0.119. The molecule has 1 heterocycles. The standard InChI is InChI=1S/C12H15N3O5S/c1-2-20-9-5-3-8(4-6-9)15-21(18,19)7-10-11(16)14-12(17)13-10/h3-6,10,15H,2,7H2,1H3,(H2,13,14,16,17). The Bertz CT molecular complexity index is 641. The van der Waals surface area contributed by atoms with Gasteiger partial charge in [-0.25, -0.2) is 13.2 Å². The molecule has 1 aliphatic rings. The van der Waals surface area contributed by atoms with Gasteiger partial charge in [0.15, 0.2) is 0 Å². The lowest BCUT2D eigenvalue weighted by Gasteiger charge is -2.11. The summed E-state index contributed by atoms with van der Waals surface area (Å²) in [5, 5.41) is 4.21. The molecular weight excluding hydrogens is 298 g/mol. The number of urea groups is 1. The second-order valence-electron chi connectivity index (χ2n) is 4.36. The van der Waals surface area contributed by atoms with Crippen LogP contribution in [0.4, 0.5) is 10.5 Å². The highest BCUT2D eigenvalue weighted by atomic mass is 32.2. The predicted molar refractivity (Wildman–Crippen MR) is 75.5 cm³/mol. The average molecular weight is 313 g/mol. The van der Waals surface area contributed by atoms with Gasteiger partial charge < -0.3 is 10.1 Å². The van der Waals surface area contributed by atoms with Crippen molar-refractivity contribution in [3.63, 3.8) is 0 Å². The van der Waals surface area contributed by atoms with Crippen LogP contribution in [0, 0.1) is 0 Å². The molecule has 1 fully saturated rings. The summed E-state index contributed by atoms with van der Waals surface area (Å²) in [5.74, 6) is -0.558. The van der Waals surface area contributed by atoms with Gasteiger partial charge in [-0.2, -0.15) is 0 Å². The van der Waals surface area contributed by atoms with Crippen molar-refractivity contribution >= 4 is 27.6 Å². The molecular formula is C12H15N3O5S. The Hall–Kier alpha value is -2.29. The molecule has 1 aromatic carbocycles. The molecule has 2 rings (SSSR count).